The first kappa shape index (κ1) is 19.0. The van der Waals surface area contributed by atoms with Crippen molar-refractivity contribution < 1.29 is 8.83 Å². The molecule has 30 heavy (non-hydrogen) atoms. The molecule has 4 aromatic heterocycles. The molecule has 9 nitrogen and oxygen atoms in total. The van der Waals surface area contributed by atoms with Crippen molar-refractivity contribution >= 4 is 29.0 Å². The molecule has 0 aliphatic carbocycles. The maximum atomic E-state index is 6.20. The monoisotopic (exact) mass is 427 g/mol. The van der Waals surface area contributed by atoms with Gasteiger partial charge in [-0.15, -0.1) is 5.10 Å². The number of nitrogens with zero attached hydrogens (tertiary/aromatic N) is 4. The van der Waals surface area contributed by atoms with Crippen molar-refractivity contribution in [2.45, 2.75) is 31.2 Å². The van der Waals surface area contributed by atoms with Crippen LogP contribution in [0.3, 0.4) is 0 Å². The van der Waals surface area contributed by atoms with Gasteiger partial charge in [0.25, 0.3) is 0 Å². The first-order valence-corrected chi connectivity index (χ1v) is 10.3. The van der Waals surface area contributed by atoms with E-state index in [1.54, 1.807) is 22.9 Å². The normalized spacial score (nSPS) is 17.6. The molecule has 156 valence electrons. The zero-order valence-corrected chi connectivity index (χ0v) is 17.2. The highest BCUT2D eigenvalue weighted by molar-refractivity contribution is 6.28. The Bertz CT molecular complexity index is 1160. The van der Waals surface area contributed by atoms with Gasteiger partial charge in [-0.1, -0.05) is 0 Å². The molecule has 4 aromatic rings. The van der Waals surface area contributed by atoms with Crippen molar-refractivity contribution in [1.29, 1.82) is 0 Å². The van der Waals surface area contributed by atoms with Crippen LogP contribution in [0.4, 0.5) is 11.8 Å². The van der Waals surface area contributed by atoms with Crippen LogP contribution < -0.4 is 16.4 Å². The second-order valence-electron chi connectivity index (χ2n) is 7.35. The van der Waals surface area contributed by atoms with E-state index in [1.807, 2.05) is 19.2 Å². The molecule has 0 amide bonds. The van der Waals surface area contributed by atoms with Crippen LogP contribution in [-0.4, -0.2) is 39.2 Å². The van der Waals surface area contributed by atoms with Crippen molar-refractivity contribution in [3.8, 4) is 11.6 Å². The maximum Gasteiger partial charge on any atom is 0.225 e. The summed E-state index contributed by atoms with van der Waals surface area (Å²) in [6.07, 6.45) is 4.38. The number of rotatable bonds is 6. The van der Waals surface area contributed by atoms with E-state index in [9.17, 15) is 0 Å². The average Bonchev–Trinajstić information content (AvgIpc) is 3.53. The van der Waals surface area contributed by atoms with E-state index in [0.717, 1.165) is 30.7 Å². The van der Waals surface area contributed by atoms with Gasteiger partial charge in [-0.05, 0) is 55.3 Å². The Balaban J connectivity index is 1.69. The van der Waals surface area contributed by atoms with Gasteiger partial charge in [-0.25, -0.2) is 4.98 Å². The Morgan fingerprint density at radius 1 is 1.37 bits per heavy atom. The number of aromatic nitrogens is 4. The molecule has 2 unspecified atom stereocenters. The summed E-state index contributed by atoms with van der Waals surface area (Å²) in [5.41, 5.74) is 7.79. The summed E-state index contributed by atoms with van der Waals surface area (Å²) in [5.74, 6) is 2.80. The SMILES string of the molecule is CNc1nc(N)n2nc(-c3ccco3)nc2c1C(Cc1ccc(Cl)o1)C1CCCN1. The van der Waals surface area contributed by atoms with Crippen molar-refractivity contribution in [3.05, 3.63) is 47.1 Å². The van der Waals surface area contributed by atoms with Gasteiger partial charge < -0.3 is 25.2 Å². The van der Waals surface area contributed by atoms with Crippen molar-refractivity contribution in [1.82, 2.24) is 24.9 Å². The molecule has 1 aliphatic heterocycles. The zero-order chi connectivity index (χ0) is 20.7. The lowest BCUT2D eigenvalue weighted by atomic mass is 9.87. The topological polar surface area (TPSA) is 119 Å². The zero-order valence-electron chi connectivity index (χ0n) is 16.4. The molecule has 0 aromatic carbocycles. The summed E-state index contributed by atoms with van der Waals surface area (Å²) < 4.78 is 12.7. The van der Waals surface area contributed by atoms with Crippen LogP contribution in [0.5, 0.6) is 0 Å². The highest BCUT2D eigenvalue weighted by Gasteiger charge is 2.33. The summed E-state index contributed by atoms with van der Waals surface area (Å²) in [4.78, 5) is 9.34. The minimum Gasteiger partial charge on any atom is -0.461 e. The second kappa shape index (κ2) is 7.66. The van der Waals surface area contributed by atoms with Gasteiger partial charge in [0.15, 0.2) is 16.6 Å². The van der Waals surface area contributed by atoms with Crippen LogP contribution in [-0.2, 0) is 6.42 Å². The molecule has 0 bridgehead atoms. The Labute approximate surface area is 177 Å². The second-order valence-corrected chi connectivity index (χ2v) is 7.72. The molecule has 2 atom stereocenters. The third-order valence-corrected chi connectivity index (χ3v) is 5.73. The van der Waals surface area contributed by atoms with Crippen LogP contribution in [0.15, 0.2) is 39.4 Å². The Morgan fingerprint density at radius 2 is 2.27 bits per heavy atom. The van der Waals surface area contributed by atoms with Crippen LogP contribution in [0, 0.1) is 0 Å². The van der Waals surface area contributed by atoms with Crippen LogP contribution in [0.2, 0.25) is 5.22 Å². The Hall–Kier alpha value is -3.04. The lowest BCUT2D eigenvalue weighted by molar-refractivity contribution is 0.432. The van der Waals surface area contributed by atoms with Crippen molar-refractivity contribution in [2.75, 3.05) is 24.6 Å². The Kier molecular flexibility index (Phi) is 4.84. The number of furan rings is 2. The van der Waals surface area contributed by atoms with E-state index in [4.69, 9.17) is 31.2 Å². The number of nitrogen functional groups attached to an aromatic ring is 1. The van der Waals surface area contributed by atoms with E-state index in [0.29, 0.717) is 34.7 Å². The molecular weight excluding hydrogens is 406 g/mol. The van der Waals surface area contributed by atoms with Gasteiger partial charge in [0.1, 0.15) is 11.6 Å². The maximum absolute atomic E-state index is 6.20. The fourth-order valence-electron chi connectivity index (χ4n) is 4.20. The summed E-state index contributed by atoms with van der Waals surface area (Å²) in [6, 6.07) is 7.52. The number of halogens is 1. The molecule has 0 radical (unpaired) electrons. The molecule has 10 heteroatoms. The van der Waals surface area contributed by atoms with Gasteiger partial charge >= 0.3 is 0 Å². The molecule has 0 saturated carbocycles. The quantitative estimate of drug-likeness (QED) is 0.428. The molecule has 4 N–H and O–H groups in total. The molecule has 5 rings (SSSR count). The van der Waals surface area contributed by atoms with Gasteiger partial charge in [0.05, 0.1) is 6.26 Å². The molecule has 1 saturated heterocycles. The average molecular weight is 428 g/mol. The molecule has 1 fully saturated rings. The molecule has 1 aliphatic rings. The lowest BCUT2D eigenvalue weighted by Crippen LogP contribution is -2.31. The third-order valence-electron chi connectivity index (χ3n) is 5.53. The molecule has 0 spiro atoms. The molecule has 5 heterocycles. The van der Waals surface area contributed by atoms with E-state index in [2.05, 4.69) is 20.7 Å². The van der Waals surface area contributed by atoms with Gasteiger partial charge in [0, 0.05) is 31.0 Å². The number of nitrogens with one attached hydrogen (secondary N) is 2. The molecular formula is C20H22ClN7O2. The predicted molar refractivity (Wildman–Crippen MR) is 114 cm³/mol. The van der Waals surface area contributed by atoms with Crippen molar-refractivity contribution in [2.24, 2.45) is 0 Å². The number of nitrogens with two attached hydrogens (primary N) is 1. The number of hydrogen-bond acceptors (Lipinski definition) is 8. The van der Waals surface area contributed by atoms with Crippen LogP contribution >= 0.6 is 11.6 Å². The fourth-order valence-corrected chi connectivity index (χ4v) is 4.36. The minimum atomic E-state index is 0.0291. The lowest BCUT2D eigenvalue weighted by Gasteiger charge is -2.25. The predicted octanol–water partition coefficient (Wildman–Crippen LogP) is 3.33. The van der Waals surface area contributed by atoms with E-state index in [-0.39, 0.29) is 17.9 Å². The van der Waals surface area contributed by atoms with Gasteiger partial charge in [-0.3, -0.25) is 0 Å². The largest absolute Gasteiger partial charge is 0.461 e. The Morgan fingerprint density at radius 3 is 2.93 bits per heavy atom. The van der Waals surface area contributed by atoms with E-state index < -0.39 is 0 Å². The smallest absolute Gasteiger partial charge is 0.225 e. The first-order valence-electron chi connectivity index (χ1n) is 9.89. The van der Waals surface area contributed by atoms with Crippen LogP contribution in [0.25, 0.3) is 17.2 Å². The third kappa shape index (κ3) is 3.29. The van der Waals surface area contributed by atoms with Crippen LogP contribution in [0.1, 0.15) is 30.1 Å². The van der Waals surface area contributed by atoms with Gasteiger partial charge in [-0.2, -0.15) is 9.50 Å². The summed E-state index contributed by atoms with van der Waals surface area (Å²) in [6.45, 7) is 0.970. The highest BCUT2D eigenvalue weighted by Crippen LogP contribution is 2.37. The number of hydrogen-bond donors (Lipinski definition) is 3. The summed E-state index contributed by atoms with van der Waals surface area (Å²) in [5, 5.41) is 11.7. The first-order chi connectivity index (χ1) is 14.6. The summed E-state index contributed by atoms with van der Waals surface area (Å²) >= 11 is 6.02. The highest BCUT2D eigenvalue weighted by atomic mass is 35.5. The number of fused-ring (bicyclic) bond motifs is 1. The van der Waals surface area contributed by atoms with Crippen molar-refractivity contribution in [3.63, 3.8) is 0 Å². The summed E-state index contributed by atoms with van der Waals surface area (Å²) in [7, 11) is 1.83. The van der Waals surface area contributed by atoms with Gasteiger partial charge in [0.2, 0.25) is 11.8 Å². The van der Waals surface area contributed by atoms with E-state index >= 15 is 0 Å². The fraction of sp³-hybridized carbons (Fsp3) is 0.350. The number of anilines is 2. The van der Waals surface area contributed by atoms with E-state index in [1.165, 1.54) is 0 Å². The standard InChI is InChI=1S/C20H22ClN7O2/c1-23-18-16(12(13-4-2-8-24-13)10-11-6-7-15(21)30-11)19-25-17(14-5-3-9-29-14)27-28(19)20(22)26-18/h3,5-7,9,12-13,23-24H,2,4,8,10H2,1H3,(H2,22,26). The minimum absolute atomic E-state index is 0.0291.